The highest BCUT2D eigenvalue weighted by atomic mass is 32.2. The molecule has 2 atom stereocenters. The Hall–Kier alpha value is -3.13. The third-order valence-electron chi connectivity index (χ3n) is 5.56. The SMILES string of the molecule is CC(=O)OCC1=C(C(=O)O)N2C(=O)[C@@H](NC(=O)C(=NOC3CCCC3)c3csc(N)n3)[C@H]2SC1. The van der Waals surface area contributed by atoms with Gasteiger partial charge in [-0.15, -0.1) is 23.1 Å². The van der Waals surface area contributed by atoms with E-state index in [9.17, 15) is 24.3 Å². The van der Waals surface area contributed by atoms with E-state index in [2.05, 4.69) is 15.5 Å². The van der Waals surface area contributed by atoms with Crippen molar-refractivity contribution in [2.45, 2.75) is 50.1 Å². The van der Waals surface area contributed by atoms with E-state index < -0.39 is 35.2 Å². The number of nitrogens with zero attached hydrogens (tertiary/aromatic N) is 3. The van der Waals surface area contributed by atoms with Crippen LogP contribution in [0.15, 0.2) is 21.8 Å². The summed E-state index contributed by atoms with van der Waals surface area (Å²) in [6.07, 6.45) is 3.64. The predicted octanol–water partition coefficient (Wildman–Crippen LogP) is 0.690. The number of amides is 2. The number of thiazole rings is 1. The Balaban J connectivity index is 1.50. The van der Waals surface area contributed by atoms with E-state index in [-0.39, 0.29) is 40.7 Å². The quantitative estimate of drug-likeness (QED) is 0.196. The third-order valence-corrected chi connectivity index (χ3v) is 7.57. The zero-order valence-electron chi connectivity index (χ0n) is 18.2. The Bertz CT molecular complexity index is 1080. The Kier molecular flexibility index (Phi) is 7.07. The minimum atomic E-state index is -1.31. The maximum atomic E-state index is 13.1. The van der Waals surface area contributed by atoms with Crippen LogP contribution in [0.4, 0.5) is 5.13 Å². The zero-order valence-corrected chi connectivity index (χ0v) is 19.8. The summed E-state index contributed by atoms with van der Waals surface area (Å²) in [5.74, 6) is -2.90. The van der Waals surface area contributed by atoms with Crippen molar-refractivity contribution in [3.63, 3.8) is 0 Å². The molecule has 0 aromatic carbocycles. The molecule has 3 aliphatic rings. The number of esters is 1. The van der Waals surface area contributed by atoms with E-state index in [1.54, 1.807) is 5.38 Å². The molecule has 3 heterocycles. The van der Waals surface area contributed by atoms with E-state index in [4.69, 9.17) is 15.3 Å². The molecule has 1 aromatic rings. The van der Waals surface area contributed by atoms with Crippen molar-refractivity contribution in [1.82, 2.24) is 15.2 Å². The summed E-state index contributed by atoms with van der Waals surface area (Å²) in [4.78, 5) is 59.6. The summed E-state index contributed by atoms with van der Waals surface area (Å²) >= 11 is 2.41. The van der Waals surface area contributed by atoms with Gasteiger partial charge in [-0.2, -0.15) is 0 Å². The number of anilines is 1. The summed E-state index contributed by atoms with van der Waals surface area (Å²) < 4.78 is 4.92. The van der Waals surface area contributed by atoms with Gasteiger partial charge in [0.05, 0.1) is 0 Å². The number of fused-ring (bicyclic) bond motifs is 1. The first-order valence-electron chi connectivity index (χ1n) is 10.6. The van der Waals surface area contributed by atoms with Crippen LogP contribution in [0.25, 0.3) is 0 Å². The molecule has 0 unspecified atom stereocenters. The molecule has 2 aliphatic heterocycles. The topological polar surface area (TPSA) is 174 Å². The third kappa shape index (κ3) is 4.87. The van der Waals surface area contributed by atoms with Crippen LogP contribution in [-0.2, 0) is 28.8 Å². The Morgan fingerprint density at radius 3 is 2.71 bits per heavy atom. The van der Waals surface area contributed by atoms with Crippen molar-refractivity contribution in [3.05, 3.63) is 22.3 Å². The zero-order chi connectivity index (χ0) is 24.4. The summed E-state index contributed by atoms with van der Waals surface area (Å²) in [6.45, 7) is 0.990. The number of rotatable bonds is 8. The fraction of sp³-hybridized carbons (Fsp3) is 0.500. The van der Waals surface area contributed by atoms with Crippen LogP contribution in [0.5, 0.6) is 0 Å². The maximum Gasteiger partial charge on any atom is 0.352 e. The van der Waals surface area contributed by atoms with Gasteiger partial charge < -0.3 is 25.7 Å². The number of carbonyl (C=O) groups is 4. The van der Waals surface area contributed by atoms with Crippen LogP contribution in [0, 0.1) is 0 Å². The van der Waals surface area contributed by atoms with Crippen molar-refractivity contribution < 1.29 is 33.9 Å². The molecule has 0 spiro atoms. The number of nitrogen functional groups attached to an aromatic ring is 1. The van der Waals surface area contributed by atoms with Crippen molar-refractivity contribution in [2.24, 2.45) is 5.16 Å². The molecule has 2 amide bonds. The van der Waals surface area contributed by atoms with Gasteiger partial charge in [0.2, 0.25) is 0 Å². The lowest BCUT2D eigenvalue weighted by Gasteiger charge is -2.49. The van der Waals surface area contributed by atoms with Crippen LogP contribution in [0.1, 0.15) is 38.3 Å². The van der Waals surface area contributed by atoms with Crippen LogP contribution in [0.2, 0.25) is 0 Å². The molecule has 1 aliphatic carbocycles. The van der Waals surface area contributed by atoms with Crippen molar-refractivity contribution in [2.75, 3.05) is 18.1 Å². The highest BCUT2D eigenvalue weighted by Crippen LogP contribution is 2.40. The van der Waals surface area contributed by atoms with Gasteiger partial charge in [0.15, 0.2) is 10.8 Å². The average Bonchev–Trinajstić information content (AvgIpc) is 3.47. The molecule has 1 aromatic heterocycles. The molecule has 4 rings (SSSR count). The van der Waals surface area contributed by atoms with Crippen LogP contribution in [0.3, 0.4) is 0 Å². The number of oxime groups is 1. The number of aromatic nitrogens is 1. The van der Waals surface area contributed by atoms with Gasteiger partial charge in [-0.25, -0.2) is 9.78 Å². The number of aliphatic carboxylic acids is 1. The average molecular weight is 510 g/mol. The van der Waals surface area contributed by atoms with E-state index in [0.717, 1.165) is 41.9 Å². The minimum Gasteiger partial charge on any atom is -0.477 e. The normalized spacial score (nSPS) is 22.8. The molecule has 1 saturated carbocycles. The molecule has 14 heteroatoms. The first-order chi connectivity index (χ1) is 16.3. The number of hydrogen-bond donors (Lipinski definition) is 3. The molecule has 0 radical (unpaired) electrons. The van der Waals surface area contributed by atoms with Crippen LogP contribution < -0.4 is 11.1 Å². The summed E-state index contributed by atoms with van der Waals surface area (Å²) in [7, 11) is 0. The summed E-state index contributed by atoms with van der Waals surface area (Å²) in [6, 6.07) is -0.963. The van der Waals surface area contributed by atoms with Crippen molar-refractivity contribution >= 4 is 57.7 Å². The van der Waals surface area contributed by atoms with Gasteiger partial charge in [0.1, 0.15) is 35.5 Å². The largest absolute Gasteiger partial charge is 0.477 e. The summed E-state index contributed by atoms with van der Waals surface area (Å²) in [5.41, 5.74) is 5.92. The number of carboxylic acid groups (broad SMARTS) is 1. The molecular formula is C20H23N5O7S2. The van der Waals surface area contributed by atoms with Gasteiger partial charge in [-0.1, -0.05) is 5.16 Å². The van der Waals surface area contributed by atoms with Gasteiger partial charge in [-0.3, -0.25) is 19.3 Å². The lowest BCUT2D eigenvalue weighted by atomic mass is 10.0. The highest BCUT2D eigenvalue weighted by Gasteiger charge is 2.54. The Morgan fingerprint density at radius 2 is 2.09 bits per heavy atom. The van der Waals surface area contributed by atoms with Gasteiger partial charge in [-0.05, 0) is 25.7 Å². The monoisotopic (exact) mass is 509 g/mol. The predicted molar refractivity (Wildman–Crippen MR) is 123 cm³/mol. The van der Waals surface area contributed by atoms with Crippen molar-refractivity contribution in [1.29, 1.82) is 0 Å². The second-order valence-corrected chi connectivity index (χ2v) is 9.92. The number of thioether (sulfide) groups is 1. The van der Waals surface area contributed by atoms with E-state index in [0.29, 0.717) is 5.57 Å². The highest BCUT2D eigenvalue weighted by molar-refractivity contribution is 8.00. The standard InChI is InChI=1S/C20H23N5O7S2/c1-9(26)31-6-10-7-33-18-14(17(28)25(18)15(10)19(29)30)23-16(27)13(12-8-34-20(21)22-12)24-32-11-4-2-3-5-11/h8,11,14,18H,2-7H2,1H3,(H2,21,22)(H,23,27)(H,29,30)/t14-,18-/m1/s1. The van der Waals surface area contributed by atoms with Crippen molar-refractivity contribution in [3.8, 4) is 0 Å². The number of nitrogens with two attached hydrogens (primary N) is 1. The molecule has 182 valence electrons. The van der Waals surface area contributed by atoms with Gasteiger partial charge in [0, 0.05) is 23.6 Å². The fourth-order valence-corrected chi connectivity index (χ4v) is 5.79. The van der Waals surface area contributed by atoms with Gasteiger partial charge >= 0.3 is 11.9 Å². The first kappa shape index (κ1) is 24.0. The fourth-order valence-electron chi connectivity index (χ4n) is 3.91. The number of hydrogen-bond acceptors (Lipinski definition) is 11. The minimum absolute atomic E-state index is 0.0904. The molecule has 34 heavy (non-hydrogen) atoms. The lowest BCUT2D eigenvalue weighted by molar-refractivity contribution is -0.150. The number of nitrogens with one attached hydrogen (secondary N) is 1. The molecule has 2 fully saturated rings. The Morgan fingerprint density at radius 1 is 1.35 bits per heavy atom. The van der Waals surface area contributed by atoms with E-state index >= 15 is 0 Å². The molecule has 12 nitrogen and oxygen atoms in total. The molecule has 4 N–H and O–H groups in total. The number of carboxylic acids is 1. The molecule has 0 bridgehead atoms. The second kappa shape index (κ2) is 10.0. The first-order valence-corrected chi connectivity index (χ1v) is 12.5. The molecule has 1 saturated heterocycles. The maximum absolute atomic E-state index is 13.1. The number of ether oxygens (including phenoxy) is 1. The summed E-state index contributed by atoms with van der Waals surface area (Å²) in [5, 5.41) is 17.5. The van der Waals surface area contributed by atoms with E-state index in [1.165, 1.54) is 18.7 Å². The van der Waals surface area contributed by atoms with Gasteiger partial charge in [0.25, 0.3) is 11.8 Å². The van der Waals surface area contributed by atoms with Crippen LogP contribution >= 0.6 is 23.1 Å². The van der Waals surface area contributed by atoms with E-state index in [1.807, 2.05) is 0 Å². The lowest BCUT2D eigenvalue weighted by Crippen LogP contribution is -2.71. The smallest absolute Gasteiger partial charge is 0.352 e. The number of carbonyl (C=O) groups excluding carboxylic acids is 3. The molecular weight excluding hydrogens is 486 g/mol. The second-order valence-electron chi connectivity index (χ2n) is 7.92. The number of β-lactam (4-membered cyclic amide) rings is 1. The Labute approximate surface area is 202 Å². The van der Waals surface area contributed by atoms with Crippen LogP contribution in [-0.4, -0.2) is 74.3 Å².